The molecule has 1 aliphatic carbocycles. The predicted octanol–water partition coefficient (Wildman–Crippen LogP) is 4.44. The van der Waals surface area contributed by atoms with Crippen molar-refractivity contribution in [1.29, 1.82) is 0 Å². The molecular weight excluding hydrogens is 454 g/mol. The van der Waals surface area contributed by atoms with E-state index in [1.807, 2.05) is 61.5 Å². The lowest BCUT2D eigenvalue weighted by Gasteiger charge is -2.27. The van der Waals surface area contributed by atoms with Gasteiger partial charge in [0.2, 0.25) is 11.9 Å². The van der Waals surface area contributed by atoms with E-state index < -0.39 is 0 Å². The average molecular weight is 486 g/mol. The van der Waals surface area contributed by atoms with Crippen LogP contribution in [0.25, 0.3) is 5.78 Å². The number of hydrogen-bond donors (Lipinski definition) is 1. The van der Waals surface area contributed by atoms with Crippen LogP contribution in [0.5, 0.6) is 5.75 Å². The molecule has 1 saturated carbocycles. The Bertz CT molecular complexity index is 1400. The molecule has 8 nitrogen and oxygen atoms in total. The van der Waals surface area contributed by atoms with Crippen molar-refractivity contribution >= 4 is 17.6 Å². The van der Waals surface area contributed by atoms with Gasteiger partial charge in [0.1, 0.15) is 5.75 Å². The van der Waals surface area contributed by atoms with E-state index in [0.717, 1.165) is 49.0 Å². The van der Waals surface area contributed by atoms with Gasteiger partial charge in [0, 0.05) is 17.9 Å². The zero-order valence-corrected chi connectivity index (χ0v) is 20.7. The molecule has 2 heterocycles. The van der Waals surface area contributed by atoms with Crippen molar-refractivity contribution < 1.29 is 9.53 Å². The summed E-state index contributed by atoms with van der Waals surface area (Å²) in [6, 6.07) is 17.5. The van der Waals surface area contributed by atoms with Gasteiger partial charge in [0.05, 0.1) is 19.3 Å². The van der Waals surface area contributed by atoms with E-state index in [-0.39, 0.29) is 23.2 Å². The number of fused-ring (bicyclic) bond motifs is 1. The third kappa shape index (κ3) is 4.89. The minimum Gasteiger partial charge on any atom is -0.497 e. The van der Waals surface area contributed by atoms with Crippen LogP contribution in [0.4, 0.5) is 5.95 Å². The monoisotopic (exact) mass is 485 g/mol. The Balaban J connectivity index is 1.52. The van der Waals surface area contributed by atoms with Crippen LogP contribution in [-0.4, -0.2) is 32.6 Å². The van der Waals surface area contributed by atoms with E-state index in [9.17, 15) is 9.59 Å². The second kappa shape index (κ2) is 10.4. The van der Waals surface area contributed by atoms with Gasteiger partial charge < -0.3 is 4.74 Å². The number of aromatic nitrogens is 4. The van der Waals surface area contributed by atoms with Gasteiger partial charge in [-0.05, 0) is 43.0 Å². The van der Waals surface area contributed by atoms with Crippen LogP contribution in [0.3, 0.4) is 0 Å². The quantitative estimate of drug-likeness (QED) is 0.418. The van der Waals surface area contributed by atoms with Crippen LogP contribution in [0.15, 0.2) is 59.4 Å². The van der Waals surface area contributed by atoms with Crippen LogP contribution in [-0.2, 0) is 17.8 Å². The molecule has 4 aromatic rings. The van der Waals surface area contributed by atoms with Gasteiger partial charge in [0.15, 0.2) is 0 Å². The molecule has 0 radical (unpaired) electrons. The highest BCUT2D eigenvalue weighted by Crippen LogP contribution is 2.28. The molecule has 5 rings (SSSR count). The number of rotatable bonds is 7. The molecule has 2 aromatic heterocycles. The molecule has 0 saturated heterocycles. The maximum atomic E-state index is 13.7. The number of carbonyl (C=O) groups is 1. The number of methoxy groups -OCH3 is 1. The van der Waals surface area contributed by atoms with E-state index in [4.69, 9.17) is 4.74 Å². The van der Waals surface area contributed by atoms with Crippen LogP contribution in [0, 0.1) is 12.8 Å². The smallest absolute Gasteiger partial charge is 0.277 e. The Kier molecular flexibility index (Phi) is 6.84. The lowest BCUT2D eigenvalue weighted by Crippen LogP contribution is -2.37. The van der Waals surface area contributed by atoms with Gasteiger partial charge >= 0.3 is 0 Å². The summed E-state index contributed by atoms with van der Waals surface area (Å²) in [5.74, 6) is 1.33. The van der Waals surface area contributed by atoms with Gasteiger partial charge in [-0.25, -0.2) is 4.98 Å². The number of aryl methyl sites for hydroxylation is 1. The lowest BCUT2D eigenvalue weighted by atomic mass is 9.88. The fourth-order valence-corrected chi connectivity index (χ4v) is 4.91. The molecule has 0 spiro atoms. The largest absolute Gasteiger partial charge is 0.497 e. The number of amides is 1. The minimum absolute atomic E-state index is 0.0267. The molecule has 1 fully saturated rings. The average Bonchev–Trinajstić information content (AvgIpc) is 3.34. The number of hydrogen-bond acceptors (Lipinski definition) is 5. The normalized spacial score (nSPS) is 14.2. The summed E-state index contributed by atoms with van der Waals surface area (Å²) in [5.41, 5.74) is 3.03. The van der Waals surface area contributed by atoms with Crippen LogP contribution in [0.1, 0.15) is 54.5 Å². The zero-order valence-electron chi connectivity index (χ0n) is 20.7. The number of benzene rings is 2. The number of H-pyrrole nitrogens is 1. The van der Waals surface area contributed by atoms with E-state index in [1.165, 1.54) is 4.52 Å². The van der Waals surface area contributed by atoms with Gasteiger partial charge in [-0.15, -0.1) is 0 Å². The molecule has 0 unspecified atom stereocenters. The second-order valence-electron chi connectivity index (χ2n) is 9.43. The molecule has 0 bridgehead atoms. The summed E-state index contributed by atoms with van der Waals surface area (Å²) in [6.07, 6.45) is 5.49. The molecular formula is C28H31N5O3. The van der Waals surface area contributed by atoms with Crippen molar-refractivity contribution in [2.45, 2.75) is 52.0 Å². The standard InChI is InChI=1S/C28H31N5O3/c1-19-24(17-20-9-5-3-6-10-20)26(35)33-27(29-19)30-28(31-33)32(25(34)22-11-7-4-8-12-22)18-21-13-15-23(36-2)16-14-21/h3,5-6,9-10,13-16,22H,4,7-8,11-12,17-18H2,1-2H3,(H,29,30,31). The van der Waals surface area contributed by atoms with E-state index in [1.54, 1.807) is 12.0 Å². The zero-order chi connectivity index (χ0) is 25.1. The number of aromatic amines is 1. The van der Waals surface area contributed by atoms with Crippen molar-refractivity contribution in [2.75, 3.05) is 12.0 Å². The maximum Gasteiger partial charge on any atom is 0.277 e. The predicted molar refractivity (Wildman–Crippen MR) is 138 cm³/mol. The lowest BCUT2D eigenvalue weighted by molar-refractivity contribution is -0.123. The fourth-order valence-electron chi connectivity index (χ4n) is 4.91. The number of anilines is 1. The molecule has 0 aliphatic heterocycles. The number of carbonyl (C=O) groups excluding carboxylic acids is 1. The molecule has 1 N–H and O–H groups in total. The Labute approximate surface area is 209 Å². The summed E-state index contributed by atoms with van der Waals surface area (Å²) in [7, 11) is 1.63. The number of nitrogens with one attached hydrogen (secondary N) is 1. The third-order valence-corrected chi connectivity index (χ3v) is 6.98. The summed E-state index contributed by atoms with van der Waals surface area (Å²) < 4.78 is 6.63. The van der Waals surface area contributed by atoms with Crippen molar-refractivity contribution in [3.8, 4) is 5.75 Å². The summed E-state index contributed by atoms with van der Waals surface area (Å²) in [5, 5.41) is 3.09. The Morgan fingerprint density at radius 3 is 2.44 bits per heavy atom. The third-order valence-electron chi connectivity index (χ3n) is 6.98. The highest BCUT2D eigenvalue weighted by molar-refractivity contribution is 5.93. The second-order valence-corrected chi connectivity index (χ2v) is 9.43. The van der Waals surface area contributed by atoms with Crippen LogP contribution < -0.4 is 15.2 Å². The Morgan fingerprint density at radius 1 is 1.03 bits per heavy atom. The SMILES string of the molecule is COc1ccc(CN(C(=O)C2CCCCC2)c2nc3nc(C)c(Cc4ccccc4)c(=O)n3[nH]2)cc1. The Morgan fingerprint density at radius 2 is 1.75 bits per heavy atom. The van der Waals surface area contributed by atoms with E-state index in [2.05, 4.69) is 15.1 Å². The van der Waals surface area contributed by atoms with Gasteiger partial charge in [0.25, 0.3) is 11.3 Å². The molecule has 36 heavy (non-hydrogen) atoms. The molecule has 1 amide bonds. The van der Waals surface area contributed by atoms with Gasteiger partial charge in [-0.2, -0.15) is 9.50 Å². The molecule has 1 aliphatic rings. The van der Waals surface area contributed by atoms with Crippen molar-refractivity contribution in [3.05, 3.63) is 87.3 Å². The van der Waals surface area contributed by atoms with Crippen molar-refractivity contribution in [3.63, 3.8) is 0 Å². The molecule has 186 valence electrons. The van der Waals surface area contributed by atoms with E-state index in [0.29, 0.717) is 30.2 Å². The first-order valence-corrected chi connectivity index (χ1v) is 12.5. The highest BCUT2D eigenvalue weighted by atomic mass is 16.5. The Hall–Kier alpha value is -3.94. The van der Waals surface area contributed by atoms with Crippen LogP contribution >= 0.6 is 0 Å². The fraction of sp³-hybridized carbons (Fsp3) is 0.357. The molecule has 2 aromatic carbocycles. The van der Waals surface area contributed by atoms with Crippen molar-refractivity contribution in [2.24, 2.45) is 5.92 Å². The first-order chi connectivity index (χ1) is 17.5. The molecule has 8 heteroatoms. The molecule has 0 atom stereocenters. The first kappa shape index (κ1) is 23.8. The summed E-state index contributed by atoms with van der Waals surface area (Å²) >= 11 is 0. The maximum absolute atomic E-state index is 13.7. The topological polar surface area (TPSA) is 92.6 Å². The number of nitrogens with zero attached hydrogens (tertiary/aromatic N) is 4. The minimum atomic E-state index is -0.199. The number of ether oxygens (including phenoxy) is 1. The van der Waals surface area contributed by atoms with E-state index >= 15 is 0 Å². The summed E-state index contributed by atoms with van der Waals surface area (Å²) in [6.45, 7) is 2.17. The van der Waals surface area contributed by atoms with Gasteiger partial charge in [-0.1, -0.05) is 61.7 Å². The van der Waals surface area contributed by atoms with Crippen molar-refractivity contribution in [1.82, 2.24) is 19.6 Å². The summed E-state index contributed by atoms with van der Waals surface area (Å²) in [4.78, 5) is 38.0. The highest BCUT2D eigenvalue weighted by Gasteiger charge is 2.29. The first-order valence-electron chi connectivity index (χ1n) is 12.5. The van der Waals surface area contributed by atoms with Crippen LogP contribution in [0.2, 0.25) is 0 Å². The van der Waals surface area contributed by atoms with Gasteiger partial charge in [-0.3, -0.25) is 19.6 Å².